The van der Waals surface area contributed by atoms with Crippen molar-refractivity contribution < 1.29 is 14.3 Å². The molecule has 2 fully saturated rings. The lowest BCUT2D eigenvalue weighted by molar-refractivity contribution is -0.121. The molecular formula is C16H21NO3. The predicted molar refractivity (Wildman–Crippen MR) is 77.1 cm³/mol. The lowest BCUT2D eigenvalue weighted by Crippen LogP contribution is -2.27. The highest BCUT2D eigenvalue weighted by molar-refractivity contribution is 5.93. The van der Waals surface area contributed by atoms with Crippen molar-refractivity contribution in [3.05, 3.63) is 18.2 Å². The molecule has 4 nitrogen and oxygen atoms in total. The van der Waals surface area contributed by atoms with Gasteiger partial charge in [-0.25, -0.2) is 0 Å². The van der Waals surface area contributed by atoms with E-state index < -0.39 is 0 Å². The number of hydrogen-bond donors (Lipinski definition) is 1. The van der Waals surface area contributed by atoms with E-state index in [0.29, 0.717) is 17.4 Å². The van der Waals surface area contributed by atoms with Gasteiger partial charge in [0.05, 0.1) is 14.2 Å². The van der Waals surface area contributed by atoms with Crippen LogP contribution in [0.5, 0.6) is 11.5 Å². The van der Waals surface area contributed by atoms with E-state index in [1.165, 1.54) is 19.3 Å². The van der Waals surface area contributed by atoms with Crippen LogP contribution in [0.25, 0.3) is 0 Å². The molecule has 1 N–H and O–H groups in total. The number of carbonyl (C=O) groups is 1. The van der Waals surface area contributed by atoms with Crippen molar-refractivity contribution in [3.63, 3.8) is 0 Å². The standard InChI is InChI=1S/C16H21NO3/c1-19-14-6-5-12(9-15(14)20-2)17-16(18)13-8-10-3-4-11(13)7-10/h5-6,9-11,13H,3-4,7-8H2,1-2H3,(H,17,18)/t10-,11-,13+/m0/s1. The Morgan fingerprint density at radius 1 is 1.15 bits per heavy atom. The molecule has 2 bridgehead atoms. The molecule has 1 aromatic rings. The summed E-state index contributed by atoms with van der Waals surface area (Å²) < 4.78 is 10.5. The summed E-state index contributed by atoms with van der Waals surface area (Å²) in [6.07, 6.45) is 4.83. The van der Waals surface area contributed by atoms with Crippen LogP contribution in [0.1, 0.15) is 25.7 Å². The van der Waals surface area contributed by atoms with Crippen molar-refractivity contribution in [2.75, 3.05) is 19.5 Å². The van der Waals surface area contributed by atoms with E-state index in [-0.39, 0.29) is 11.8 Å². The van der Waals surface area contributed by atoms with Gasteiger partial charge in [0.25, 0.3) is 0 Å². The Balaban J connectivity index is 1.70. The van der Waals surface area contributed by atoms with Crippen LogP contribution in [-0.2, 0) is 4.79 Å². The third-order valence-electron chi connectivity index (χ3n) is 4.73. The highest BCUT2D eigenvalue weighted by atomic mass is 16.5. The van der Waals surface area contributed by atoms with Gasteiger partial charge in [0.1, 0.15) is 0 Å². The molecule has 3 atom stereocenters. The number of nitrogens with one attached hydrogen (secondary N) is 1. The molecule has 2 aliphatic carbocycles. The van der Waals surface area contributed by atoms with Gasteiger partial charge < -0.3 is 14.8 Å². The van der Waals surface area contributed by atoms with E-state index in [4.69, 9.17) is 9.47 Å². The molecule has 0 aliphatic heterocycles. The van der Waals surface area contributed by atoms with Crippen LogP contribution >= 0.6 is 0 Å². The first-order valence-corrected chi connectivity index (χ1v) is 7.24. The van der Waals surface area contributed by atoms with E-state index in [1.54, 1.807) is 14.2 Å². The molecule has 20 heavy (non-hydrogen) atoms. The van der Waals surface area contributed by atoms with Crippen LogP contribution in [0, 0.1) is 17.8 Å². The van der Waals surface area contributed by atoms with Crippen LogP contribution in [0.3, 0.4) is 0 Å². The Bertz CT molecular complexity index is 514. The smallest absolute Gasteiger partial charge is 0.227 e. The number of fused-ring (bicyclic) bond motifs is 2. The second-order valence-electron chi connectivity index (χ2n) is 5.84. The lowest BCUT2D eigenvalue weighted by Gasteiger charge is -2.21. The molecule has 1 amide bonds. The summed E-state index contributed by atoms with van der Waals surface area (Å²) >= 11 is 0. The molecule has 1 aromatic carbocycles. The van der Waals surface area contributed by atoms with Gasteiger partial charge in [-0.3, -0.25) is 4.79 Å². The van der Waals surface area contributed by atoms with E-state index in [0.717, 1.165) is 18.0 Å². The fraction of sp³-hybridized carbons (Fsp3) is 0.562. The van der Waals surface area contributed by atoms with Crippen molar-refractivity contribution in [2.24, 2.45) is 17.8 Å². The molecule has 0 heterocycles. The fourth-order valence-electron chi connectivity index (χ4n) is 3.71. The molecule has 0 radical (unpaired) electrons. The Morgan fingerprint density at radius 2 is 1.95 bits per heavy atom. The first-order valence-electron chi connectivity index (χ1n) is 7.24. The average molecular weight is 275 g/mol. The van der Waals surface area contributed by atoms with Crippen molar-refractivity contribution in [1.82, 2.24) is 0 Å². The molecule has 0 spiro atoms. The normalized spacial score (nSPS) is 27.4. The minimum absolute atomic E-state index is 0.157. The SMILES string of the molecule is COc1ccc(NC(=O)[C@@H]2C[C@H]3CC[C@H]2C3)cc1OC. The third kappa shape index (κ3) is 2.35. The Kier molecular flexibility index (Phi) is 3.55. The summed E-state index contributed by atoms with van der Waals surface area (Å²) in [5.41, 5.74) is 0.774. The van der Waals surface area contributed by atoms with Gasteiger partial charge in [0.2, 0.25) is 5.91 Å². The number of carbonyl (C=O) groups excluding carboxylic acids is 1. The summed E-state index contributed by atoms with van der Waals surface area (Å²) in [6, 6.07) is 5.48. The molecule has 3 rings (SSSR count). The summed E-state index contributed by atoms with van der Waals surface area (Å²) in [5, 5.41) is 3.02. The number of anilines is 1. The van der Waals surface area contributed by atoms with Crippen molar-refractivity contribution >= 4 is 11.6 Å². The number of benzene rings is 1. The number of ether oxygens (including phenoxy) is 2. The second kappa shape index (κ2) is 5.35. The highest BCUT2D eigenvalue weighted by Crippen LogP contribution is 2.48. The minimum atomic E-state index is 0.157. The quantitative estimate of drug-likeness (QED) is 0.918. The zero-order valence-electron chi connectivity index (χ0n) is 12.0. The molecule has 2 saturated carbocycles. The first-order chi connectivity index (χ1) is 9.71. The zero-order chi connectivity index (χ0) is 14.1. The molecule has 2 aliphatic rings. The largest absolute Gasteiger partial charge is 0.493 e. The number of methoxy groups -OCH3 is 2. The van der Waals surface area contributed by atoms with E-state index in [9.17, 15) is 4.79 Å². The first kappa shape index (κ1) is 13.3. The maximum Gasteiger partial charge on any atom is 0.227 e. The van der Waals surface area contributed by atoms with Crippen molar-refractivity contribution in [1.29, 1.82) is 0 Å². The van der Waals surface area contributed by atoms with Gasteiger partial charge in [0, 0.05) is 17.7 Å². The monoisotopic (exact) mass is 275 g/mol. The van der Waals surface area contributed by atoms with Crippen LogP contribution in [0.15, 0.2) is 18.2 Å². The highest BCUT2D eigenvalue weighted by Gasteiger charge is 2.43. The van der Waals surface area contributed by atoms with Crippen LogP contribution < -0.4 is 14.8 Å². The molecule has 0 unspecified atom stereocenters. The Labute approximate surface area is 119 Å². The summed E-state index contributed by atoms with van der Waals surface area (Å²) in [7, 11) is 3.20. The molecule has 0 aromatic heterocycles. The summed E-state index contributed by atoms with van der Waals surface area (Å²) in [4.78, 5) is 12.4. The molecule has 108 valence electrons. The number of amides is 1. The van der Waals surface area contributed by atoms with Gasteiger partial charge in [-0.1, -0.05) is 6.42 Å². The topological polar surface area (TPSA) is 47.6 Å². The number of hydrogen-bond acceptors (Lipinski definition) is 3. The van der Waals surface area contributed by atoms with Gasteiger partial charge in [-0.2, -0.15) is 0 Å². The van der Waals surface area contributed by atoms with Crippen LogP contribution in [0.4, 0.5) is 5.69 Å². The Hall–Kier alpha value is -1.71. The van der Waals surface area contributed by atoms with Crippen LogP contribution in [-0.4, -0.2) is 20.1 Å². The van der Waals surface area contributed by atoms with Crippen molar-refractivity contribution in [3.8, 4) is 11.5 Å². The van der Waals surface area contributed by atoms with E-state index in [2.05, 4.69) is 5.32 Å². The molecule has 0 saturated heterocycles. The summed E-state index contributed by atoms with van der Waals surface area (Å²) in [5.74, 6) is 3.04. The maximum absolute atomic E-state index is 12.4. The van der Waals surface area contributed by atoms with Gasteiger partial charge in [-0.15, -0.1) is 0 Å². The molecule has 4 heteroatoms. The average Bonchev–Trinajstić information content (AvgIpc) is 3.09. The second-order valence-corrected chi connectivity index (χ2v) is 5.84. The van der Waals surface area contributed by atoms with E-state index in [1.807, 2.05) is 18.2 Å². The van der Waals surface area contributed by atoms with Crippen LogP contribution in [0.2, 0.25) is 0 Å². The fourth-order valence-corrected chi connectivity index (χ4v) is 3.71. The maximum atomic E-state index is 12.4. The summed E-state index contributed by atoms with van der Waals surface area (Å²) in [6.45, 7) is 0. The van der Waals surface area contributed by atoms with Gasteiger partial charge in [-0.05, 0) is 43.2 Å². The Morgan fingerprint density at radius 3 is 2.55 bits per heavy atom. The van der Waals surface area contributed by atoms with Crippen molar-refractivity contribution in [2.45, 2.75) is 25.7 Å². The molecular weight excluding hydrogens is 254 g/mol. The van der Waals surface area contributed by atoms with Gasteiger partial charge in [0.15, 0.2) is 11.5 Å². The minimum Gasteiger partial charge on any atom is -0.493 e. The zero-order valence-corrected chi connectivity index (χ0v) is 12.0. The number of rotatable bonds is 4. The third-order valence-corrected chi connectivity index (χ3v) is 4.73. The lowest BCUT2D eigenvalue weighted by atomic mass is 9.88. The predicted octanol–water partition coefficient (Wildman–Crippen LogP) is 3.08. The van der Waals surface area contributed by atoms with Gasteiger partial charge >= 0.3 is 0 Å². The van der Waals surface area contributed by atoms with E-state index >= 15 is 0 Å².